The zero-order valence-electron chi connectivity index (χ0n) is 9.54. The van der Waals surface area contributed by atoms with E-state index in [-0.39, 0.29) is 4.83 Å². The van der Waals surface area contributed by atoms with Crippen LogP contribution in [0.25, 0.3) is 0 Å². The highest BCUT2D eigenvalue weighted by molar-refractivity contribution is 9.09. The Labute approximate surface area is 114 Å². The molecule has 0 radical (unpaired) electrons. The molecule has 0 fully saturated rings. The number of methoxy groups -OCH3 is 1. The number of rotatable bonds is 3. The summed E-state index contributed by atoms with van der Waals surface area (Å²) in [5, 5.41) is 0.596. The van der Waals surface area contributed by atoms with Gasteiger partial charge in [0.05, 0.1) is 23.2 Å². The van der Waals surface area contributed by atoms with Crippen LogP contribution >= 0.6 is 27.5 Å². The number of alkyl halides is 1. The average molecular weight is 316 g/mol. The minimum absolute atomic E-state index is 0.000839. The van der Waals surface area contributed by atoms with Crippen molar-refractivity contribution in [3.63, 3.8) is 0 Å². The normalized spacial score (nSPS) is 12.5. The van der Waals surface area contributed by atoms with Gasteiger partial charge in [-0.2, -0.15) is 0 Å². The summed E-state index contributed by atoms with van der Waals surface area (Å²) < 4.78 is 10.6. The molecule has 1 aromatic carbocycles. The van der Waals surface area contributed by atoms with E-state index in [0.29, 0.717) is 10.8 Å². The molecule has 1 atom stereocenters. The van der Waals surface area contributed by atoms with E-state index in [9.17, 15) is 0 Å². The quantitative estimate of drug-likeness (QED) is 0.764. The van der Waals surface area contributed by atoms with Crippen molar-refractivity contribution in [2.75, 3.05) is 7.11 Å². The fraction of sp³-hybridized carbons (Fsp3) is 0.231. The monoisotopic (exact) mass is 314 g/mol. The second-order valence-electron chi connectivity index (χ2n) is 3.72. The Balaban J connectivity index is 2.35. The first kappa shape index (κ1) is 12.5. The topological polar surface area (TPSA) is 22.4 Å². The maximum Gasteiger partial charge on any atom is 0.137 e. The first-order valence-corrected chi connectivity index (χ1v) is 6.44. The minimum Gasteiger partial charge on any atom is -0.495 e. The third-order valence-electron chi connectivity index (χ3n) is 2.60. The van der Waals surface area contributed by atoms with Crippen LogP contribution in [0, 0.1) is 6.92 Å². The van der Waals surface area contributed by atoms with Crippen LogP contribution in [0.5, 0.6) is 5.75 Å². The van der Waals surface area contributed by atoms with Crippen molar-refractivity contribution in [3.05, 3.63) is 52.4 Å². The number of hydrogen-bond donors (Lipinski definition) is 0. The second kappa shape index (κ2) is 5.15. The molecule has 17 heavy (non-hydrogen) atoms. The molecule has 2 nitrogen and oxygen atoms in total. The van der Waals surface area contributed by atoms with Crippen LogP contribution < -0.4 is 4.74 Å². The average Bonchev–Trinajstić information content (AvgIpc) is 2.74. The van der Waals surface area contributed by atoms with E-state index < -0.39 is 0 Å². The van der Waals surface area contributed by atoms with Crippen molar-refractivity contribution in [2.45, 2.75) is 11.8 Å². The first-order chi connectivity index (χ1) is 8.13. The van der Waals surface area contributed by atoms with Gasteiger partial charge in [-0.25, -0.2) is 0 Å². The van der Waals surface area contributed by atoms with Crippen LogP contribution in [-0.2, 0) is 0 Å². The SMILES string of the molecule is COc1ccc(C(Br)c2occc2C)cc1Cl. The van der Waals surface area contributed by atoms with E-state index in [2.05, 4.69) is 15.9 Å². The van der Waals surface area contributed by atoms with Crippen molar-refractivity contribution in [1.82, 2.24) is 0 Å². The summed E-state index contributed by atoms with van der Waals surface area (Å²) in [6, 6.07) is 7.63. The van der Waals surface area contributed by atoms with Gasteiger partial charge in [0, 0.05) is 0 Å². The summed E-state index contributed by atoms with van der Waals surface area (Å²) in [5.74, 6) is 1.57. The van der Waals surface area contributed by atoms with E-state index in [0.717, 1.165) is 16.9 Å². The van der Waals surface area contributed by atoms with Gasteiger partial charge in [-0.1, -0.05) is 33.6 Å². The zero-order valence-corrected chi connectivity index (χ0v) is 11.9. The third kappa shape index (κ3) is 2.50. The maximum atomic E-state index is 6.10. The molecule has 0 saturated heterocycles. The predicted molar refractivity (Wildman–Crippen MR) is 72.2 cm³/mol. The Morgan fingerprint density at radius 2 is 2.12 bits per heavy atom. The molecule has 4 heteroatoms. The number of aryl methyl sites for hydroxylation is 1. The lowest BCUT2D eigenvalue weighted by molar-refractivity contribution is 0.415. The van der Waals surface area contributed by atoms with E-state index in [1.807, 2.05) is 31.2 Å². The molecule has 1 heterocycles. The van der Waals surface area contributed by atoms with Crippen molar-refractivity contribution >= 4 is 27.5 Å². The fourth-order valence-corrected chi connectivity index (χ4v) is 2.66. The number of furan rings is 1. The molecule has 0 aliphatic heterocycles. The molecule has 1 unspecified atom stereocenters. The lowest BCUT2D eigenvalue weighted by atomic mass is 10.1. The van der Waals surface area contributed by atoms with Gasteiger partial charge in [0.15, 0.2) is 0 Å². The molecule has 0 aliphatic rings. The summed E-state index contributed by atoms with van der Waals surface area (Å²) in [5.41, 5.74) is 2.15. The molecule has 0 bridgehead atoms. The van der Waals surface area contributed by atoms with Gasteiger partial charge < -0.3 is 9.15 Å². The molecular weight excluding hydrogens is 303 g/mol. The Hall–Kier alpha value is -0.930. The van der Waals surface area contributed by atoms with Crippen LogP contribution in [0.1, 0.15) is 21.7 Å². The van der Waals surface area contributed by atoms with Crippen molar-refractivity contribution in [1.29, 1.82) is 0 Å². The van der Waals surface area contributed by atoms with Crippen molar-refractivity contribution in [2.24, 2.45) is 0 Å². The molecule has 2 rings (SSSR count). The lowest BCUT2D eigenvalue weighted by Gasteiger charge is -2.11. The summed E-state index contributed by atoms with van der Waals surface area (Å²) in [6.07, 6.45) is 1.68. The van der Waals surface area contributed by atoms with E-state index in [1.54, 1.807) is 13.4 Å². The Morgan fingerprint density at radius 1 is 1.35 bits per heavy atom. The third-order valence-corrected chi connectivity index (χ3v) is 3.84. The highest BCUT2D eigenvalue weighted by Gasteiger charge is 2.17. The number of hydrogen-bond acceptors (Lipinski definition) is 2. The number of ether oxygens (including phenoxy) is 1. The molecule has 0 saturated carbocycles. The molecule has 0 amide bonds. The predicted octanol–water partition coefficient (Wildman–Crippen LogP) is 4.73. The second-order valence-corrected chi connectivity index (χ2v) is 5.05. The van der Waals surface area contributed by atoms with Crippen LogP contribution in [0.3, 0.4) is 0 Å². The van der Waals surface area contributed by atoms with Gasteiger partial charge in [-0.05, 0) is 36.2 Å². The van der Waals surface area contributed by atoms with Crippen molar-refractivity contribution in [3.8, 4) is 5.75 Å². The largest absolute Gasteiger partial charge is 0.495 e. The van der Waals surface area contributed by atoms with Gasteiger partial charge in [-0.15, -0.1) is 0 Å². The Bertz CT molecular complexity index is 522. The molecular formula is C13H12BrClO2. The summed E-state index contributed by atoms with van der Waals surface area (Å²) in [7, 11) is 1.60. The van der Waals surface area contributed by atoms with Gasteiger partial charge >= 0.3 is 0 Å². The standard InChI is InChI=1S/C13H12BrClO2/c1-8-5-6-17-13(8)12(14)9-3-4-11(16-2)10(15)7-9/h3-7,12H,1-2H3. The van der Waals surface area contributed by atoms with Crippen molar-refractivity contribution < 1.29 is 9.15 Å². The van der Waals surface area contributed by atoms with Gasteiger partial charge in [0.2, 0.25) is 0 Å². The smallest absolute Gasteiger partial charge is 0.137 e. The molecule has 90 valence electrons. The minimum atomic E-state index is 0.000839. The van der Waals surface area contributed by atoms with Gasteiger partial charge in [-0.3, -0.25) is 0 Å². The molecule has 1 aromatic heterocycles. The van der Waals surface area contributed by atoms with E-state index >= 15 is 0 Å². The zero-order chi connectivity index (χ0) is 12.4. The number of halogens is 2. The summed E-state index contributed by atoms with van der Waals surface area (Å²) in [6.45, 7) is 2.01. The van der Waals surface area contributed by atoms with Crippen LogP contribution in [0.15, 0.2) is 34.9 Å². The summed E-state index contributed by atoms with van der Waals surface area (Å²) >= 11 is 9.71. The fourth-order valence-electron chi connectivity index (χ4n) is 1.64. The van der Waals surface area contributed by atoms with E-state index in [1.165, 1.54) is 0 Å². The highest BCUT2D eigenvalue weighted by Crippen LogP contribution is 2.36. The van der Waals surface area contributed by atoms with Gasteiger partial charge in [0.1, 0.15) is 11.5 Å². The first-order valence-electron chi connectivity index (χ1n) is 5.15. The summed E-state index contributed by atoms with van der Waals surface area (Å²) in [4.78, 5) is 0.000839. The highest BCUT2D eigenvalue weighted by atomic mass is 79.9. The van der Waals surface area contributed by atoms with Crippen LogP contribution in [-0.4, -0.2) is 7.11 Å². The molecule has 0 N–H and O–H groups in total. The van der Waals surface area contributed by atoms with Gasteiger partial charge in [0.25, 0.3) is 0 Å². The molecule has 0 spiro atoms. The lowest BCUT2D eigenvalue weighted by Crippen LogP contribution is -1.94. The van der Waals surface area contributed by atoms with Crippen LogP contribution in [0.2, 0.25) is 5.02 Å². The number of benzene rings is 1. The molecule has 2 aromatic rings. The Morgan fingerprint density at radius 3 is 2.65 bits per heavy atom. The molecule has 0 aliphatic carbocycles. The Kier molecular flexibility index (Phi) is 3.79. The maximum absolute atomic E-state index is 6.10. The van der Waals surface area contributed by atoms with Crippen LogP contribution in [0.4, 0.5) is 0 Å². The van der Waals surface area contributed by atoms with E-state index in [4.69, 9.17) is 20.8 Å².